The van der Waals surface area contributed by atoms with Crippen LogP contribution >= 0.6 is 0 Å². The molecule has 0 aliphatic rings. The molecule has 0 aliphatic heterocycles. The molecular weight excluding hydrogens is 304 g/mol. The van der Waals surface area contributed by atoms with Crippen LogP contribution in [0, 0.1) is 20.8 Å². The molecule has 0 bridgehead atoms. The first-order chi connectivity index (χ1) is 11.6. The van der Waals surface area contributed by atoms with Crippen molar-refractivity contribution >= 4 is 11.5 Å². The molecule has 128 valence electrons. The highest BCUT2D eigenvalue weighted by Crippen LogP contribution is 2.27. The summed E-state index contributed by atoms with van der Waals surface area (Å²) >= 11 is 0. The first-order valence-corrected chi connectivity index (χ1v) is 8.35. The van der Waals surface area contributed by atoms with Gasteiger partial charge in [0.1, 0.15) is 11.6 Å². The number of aryl methyl sites for hydroxylation is 2. The fourth-order valence-electron chi connectivity index (χ4n) is 2.72. The topological polar surface area (TPSA) is 64.6 Å². The second-order valence-electron chi connectivity index (χ2n) is 5.84. The summed E-state index contributed by atoms with van der Waals surface area (Å²) in [5.74, 6) is 1.85. The van der Waals surface area contributed by atoms with Crippen molar-refractivity contribution in [1.82, 2.24) is 14.6 Å². The molecule has 1 N–H and O–H groups in total. The highest BCUT2D eigenvalue weighted by atomic mass is 16.5. The summed E-state index contributed by atoms with van der Waals surface area (Å²) in [6, 6.07) is 3.93. The molecule has 24 heavy (non-hydrogen) atoms. The van der Waals surface area contributed by atoms with Gasteiger partial charge in [0, 0.05) is 42.6 Å². The molecule has 3 aromatic heterocycles. The number of nitrogens with one attached hydrogen (secondary N) is 1. The number of hydrogen-bond acceptors (Lipinski definition) is 5. The third-order valence-corrected chi connectivity index (χ3v) is 4.18. The van der Waals surface area contributed by atoms with E-state index in [2.05, 4.69) is 17.2 Å². The second kappa shape index (κ2) is 7.05. The molecule has 0 saturated carbocycles. The number of anilines is 1. The van der Waals surface area contributed by atoms with Crippen LogP contribution in [0.15, 0.2) is 22.8 Å². The molecule has 6 nitrogen and oxygen atoms in total. The van der Waals surface area contributed by atoms with E-state index >= 15 is 0 Å². The lowest BCUT2D eigenvalue weighted by atomic mass is 10.2. The van der Waals surface area contributed by atoms with E-state index in [0.29, 0.717) is 0 Å². The number of ether oxygens (including phenoxy) is 1. The Bertz CT molecular complexity index is 835. The fourth-order valence-corrected chi connectivity index (χ4v) is 2.72. The molecule has 0 radical (unpaired) electrons. The third kappa shape index (κ3) is 3.14. The molecule has 3 rings (SSSR count). The van der Waals surface area contributed by atoms with E-state index in [1.165, 1.54) is 0 Å². The Morgan fingerprint density at radius 1 is 1.29 bits per heavy atom. The maximum atomic E-state index is 5.40. The minimum Gasteiger partial charge on any atom is -0.469 e. The molecule has 0 amide bonds. The van der Waals surface area contributed by atoms with Crippen LogP contribution in [-0.2, 0) is 4.74 Å². The van der Waals surface area contributed by atoms with Crippen LogP contribution < -0.4 is 5.32 Å². The van der Waals surface area contributed by atoms with Gasteiger partial charge in [-0.3, -0.25) is 0 Å². The van der Waals surface area contributed by atoms with Crippen molar-refractivity contribution in [2.45, 2.75) is 34.1 Å². The van der Waals surface area contributed by atoms with Crippen molar-refractivity contribution in [3.8, 4) is 11.3 Å². The van der Waals surface area contributed by atoms with Crippen LogP contribution in [0.2, 0.25) is 0 Å². The number of nitrogens with zero attached hydrogens (tertiary/aromatic N) is 3. The summed E-state index contributed by atoms with van der Waals surface area (Å²) < 4.78 is 12.7. The van der Waals surface area contributed by atoms with Crippen LogP contribution in [0.5, 0.6) is 0 Å². The van der Waals surface area contributed by atoms with Gasteiger partial charge < -0.3 is 14.5 Å². The summed E-state index contributed by atoms with van der Waals surface area (Å²) in [7, 11) is 0. The molecule has 0 atom stereocenters. The molecule has 3 heterocycles. The third-order valence-electron chi connectivity index (χ3n) is 4.18. The number of aromatic nitrogens is 3. The maximum absolute atomic E-state index is 5.40. The minimum atomic E-state index is 0.754. The summed E-state index contributed by atoms with van der Waals surface area (Å²) in [5.41, 5.74) is 4.82. The van der Waals surface area contributed by atoms with Gasteiger partial charge in [-0.1, -0.05) is 0 Å². The van der Waals surface area contributed by atoms with Crippen molar-refractivity contribution < 1.29 is 9.15 Å². The Morgan fingerprint density at radius 2 is 2.12 bits per heavy atom. The van der Waals surface area contributed by atoms with Gasteiger partial charge in [0.15, 0.2) is 5.65 Å². The molecule has 6 heteroatoms. The molecule has 0 unspecified atom stereocenters. The predicted molar refractivity (Wildman–Crippen MR) is 94.5 cm³/mol. The first kappa shape index (κ1) is 16.5. The van der Waals surface area contributed by atoms with Crippen molar-refractivity contribution in [2.24, 2.45) is 0 Å². The van der Waals surface area contributed by atoms with Crippen LogP contribution in [0.25, 0.3) is 16.9 Å². The average Bonchev–Trinajstić information content (AvgIpc) is 3.16. The van der Waals surface area contributed by atoms with E-state index in [9.17, 15) is 0 Å². The quantitative estimate of drug-likeness (QED) is 0.669. The Morgan fingerprint density at radius 3 is 2.83 bits per heavy atom. The SMILES string of the molecule is CCOCCCNc1c(C)c(C)nc2cc(-c3ccoc3C)nn12. The molecule has 3 aromatic rings. The number of rotatable bonds is 7. The lowest BCUT2D eigenvalue weighted by molar-refractivity contribution is 0.147. The number of fused-ring (bicyclic) bond motifs is 1. The average molecular weight is 328 g/mol. The lowest BCUT2D eigenvalue weighted by Crippen LogP contribution is -2.12. The van der Waals surface area contributed by atoms with Gasteiger partial charge in [0.05, 0.1) is 12.0 Å². The Balaban J connectivity index is 1.93. The zero-order chi connectivity index (χ0) is 17.1. The summed E-state index contributed by atoms with van der Waals surface area (Å²) in [5, 5.41) is 8.22. The fraction of sp³-hybridized carbons (Fsp3) is 0.444. The molecule has 0 spiro atoms. The van der Waals surface area contributed by atoms with Crippen LogP contribution in [0.3, 0.4) is 0 Å². The number of hydrogen-bond donors (Lipinski definition) is 1. The van der Waals surface area contributed by atoms with Crippen molar-refractivity contribution in [3.63, 3.8) is 0 Å². The maximum Gasteiger partial charge on any atom is 0.158 e. The summed E-state index contributed by atoms with van der Waals surface area (Å²) in [6.07, 6.45) is 2.64. The smallest absolute Gasteiger partial charge is 0.158 e. The molecular formula is C18H24N4O2. The normalized spacial score (nSPS) is 11.3. The lowest BCUT2D eigenvalue weighted by Gasteiger charge is -2.13. The number of furan rings is 1. The van der Waals surface area contributed by atoms with Crippen molar-refractivity contribution in [3.05, 3.63) is 35.4 Å². The van der Waals surface area contributed by atoms with E-state index < -0.39 is 0 Å². The molecule has 0 saturated heterocycles. The van der Waals surface area contributed by atoms with Gasteiger partial charge in [-0.05, 0) is 40.2 Å². The van der Waals surface area contributed by atoms with Crippen LogP contribution in [0.4, 0.5) is 5.82 Å². The van der Waals surface area contributed by atoms with Gasteiger partial charge in [0.25, 0.3) is 0 Å². The Labute approximate surface area is 141 Å². The largest absolute Gasteiger partial charge is 0.469 e. The summed E-state index contributed by atoms with van der Waals surface area (Å²) in [6.45, 7) is 10.4. The molecule has 0 aromatic carbocycles. The monoisotopic (exact) mass is 328 g/mol. The minimum absolute atomic E-state index is 0.754. The zero-order valence-corrected chi connectivity index (χ0v) is 14.7. The van der Waals surface area contributed by atoms with E-state index in [4.69, 9.17) is 14.3 Å². The van der Waals surface area contributed by atoms with E-state index in [1.54, 1.807) is 6.26 Å². The first-order valence-electron chi connectivity index (χ1n) is 8.35. The van der Waals surface area contributed by atoms with E-state index in [-0.39, 0.29) is 0 Å². The van der Waals surface area contributed by atoms with Gasteiger partial charge in [-0.15, -0.1) is 0 Å². The van der Waals surface area contributed by atoms with Gasteiger partial charge in [0.2, 0.25) is 0 Å². The summed E-state index contributed by atoms with van der Waals surface area (Å²) in [4.78, 5) is 4.66. The Hall–Kier alpha value is -2.34. The Kier molecular flexibility index (Phi) is 4.85. The van der Waals surface area contributed by atoms with E-state index in [0.717, 1.165) is 65.9 Å². The van der Waals surface area contributed by atoms with Gasteiger partial charge in [-0.25, -0.2) is 4.98 Å². The molecule has 0 aliphatic carbocycles. The van der Waals surface area contributed by atoms with Crippen LogP contribution in [-0.4, -0.2) is 34.4 Å². The van der Waals surface area contributed by atoms with Crippen LogP contribution in [0.1, 0.15) is 30.4 Å². The second-order valence-corrected chi connectivity index (χ2v) is 5.84. The highest BCUT2D eigenvalue weighted by Gasteiger charge is 2.15. The van der Waals surface area contributed by atoms with Gasteiger partial charge in [-0.2, -0.15) is 9.61 Å². The molecule has 0 fully saturated rings. The van der Waals surface area contributed by atoms with Crippen molar-refractivity contribution in [1.29, 1.82) is 0 Å². The van der Waals surface area contributed by atoms with E-state index in [1.807, 2.05) is 37.4 Å². The van der Waals surface area contributed by atoms with Crippen molar-refractivity contribution in [2.75, 3.05) is 25.1 Å². The highest BCUT2D eigenvalue weighted by molar-refractivity contribution is 5.67. The van der Waals surface area contributed by atoms with Gasteiger partial charge >= 0.3 is 0 Å². The zero-order valence-electron chi connectivity index (χ0n) is 14.7. The standard InChI is InChI=1S/C18H24N4O2/c1-5-23-9-6-8-19-18-12(2)13(3)20-17-11-16(21-22(17)18)15-7-10-24-14(15)4/h7,10-11,19H,5-6,8-9H2,1-4H3. The predicted octanol–water partition coefficient (Wildman–Crippen LogP) is 3.75.